The number of thioether (sulfide) groups is 1. The molecule has 0 fully saturated rings. The first kappa shape index (κ1) is 6.73. The van der Waals surface area contributed by atoms with Gasteiger partial charge in [-0.3, -0.25) is 0 Å². The molecule has 0 aliphatic carbocycles. The third kappa shape index (κ3) is 1.01. The number of hydrogen-bond acceptors (Lipinski definition) is 3. The lowest BCUT2D eigenvalue weighted by molar-refractivity contribution is 0.319. The van der Waals surface area contributed by atoms with Crippen LogP contribution in [0.3, 0.4) is 0 Å². The van der Waals surface area contributed by atoms with Gasteiger partial charge in [0.25, 0.3) is 0 Å². The van der Waals surface area contributed by atoms with Crippen molar-refractivity contribution >= 4 is 17.5 Å². The molecule has 1 aromatic carbocycles. The van der Waals surface area contributed by atoms with Crippen LogP contribution in [0.4, 0.5) is 0 Å². The van der Waals surface area contributed by atoms with E-state index >= 15 is 0 Å². The van der Waals surface area contributed by atoms with Gasteiger partial charge in [0.15, 0.2) is 0 Å². The van der Waals surface area contributed by atoms with E-state index in [-0.39, 0.29) is 0 Å². The third-order valence-corrected chi connectivity index (χ3v) is 2.77. The van der Waals surface area contributed by atoms with E-state index in [0.717, 1.165) is 17.0 Å². The smallest absolute Gasteiger partial charge is 0.0981 e. The van der Waals surface area contributed by atoms with Gasteiger partial charge in [-0.25, -0.2) is 0 Å². The molecule has 11 heavy (non-hydrogen) atoms. The number of hydrogen-bond donors (Lipinski definition) is 1. The van der Waals surface area contributed by atoms with E-state index in [1.165, 1.54) is 4.90 Å². The molecule has 1 heterocycles. The zero-order valence-electron chi connectivity index (χ0n) is 5.82. The van der Waals surface area contributed by atoms with Crippen molar-refractivity contribution < 1.29 is 5.21 Å². The van der Waals surface area contributed by atoms with E-state index in [4.69, 9.17) is 5.21 Å². The molecule has 1 aliphatic heterocycles. The lowest BCUT2D eigenvalue weighted by Crippen LogP contribution is -1.96. The fraction of sp³-hybridized carbons (Fsp3) is 0.125. The average molecular weight is 165 g/mol. The minimum atomic E-state index is 0.783. The highest BCUT2D eigenvalue weighted by Crippen LogP contribution is 2.30. The van der Waals surface area contributed by atoms with Gasteiger partial charge in [0.1, 0.15) is 0 Å². The van der Waals surface area contributed by atoms with E-state index in [1.54, 1.807) is 11.8 Å². The van der Waals surface area contributed by atoms with Gasteiger partial charge in [0, 0.05) is 16.2 Å². The standard InChI is InChI=1S/C8H7NOS/c10-9-7-5-11-8-4-2-1-3-6(7)8/h1-4,10H,5H2. The van der Waals surface area contributed by atoms with Crippen molar-refractivity contribution in [3.63, 3.8) is 0 Å². The molecule has 1 N–H and O–H groups in total. The molecule has 0 radical (unpaired) electrons. The Kier molecular flexibility index (Phi) is 1.58. The molecule has 0 amide bonds. The van der Waals surface area contributed by atoms with Gasteiger partial charge in [-0.2, -0.15) is 0 Å². The molecule has 2 nitrogen and oxygen atoms in total. The molecule has 0 bridgehead atoms. The Morgan fingerprint density at radius 1 is 1.36 bits per heavy atom. The Morgan fingerprint density at radius 3 is 3.00 bits per heavy atom. The summed E-state index contributed by atoms with van der Waals surface area (Å²) in [4.78, 5) is 1.21. The quantitative estimate of drug-likeness (QED) is 0.471. The highest BCUT2D eigenvalue weighted by atomic mass is 32.2. The fourth-order valence-corrected chi connectivity index (χ4v) is 2.16. The van der Waals surface area contributed by atoms with Crippen molar-refractivity contribution in [2.75, 3.05) is 5.75 Å². The first-order valence-electron chi connectivity index (χ1n) is 3.35. The summed E-state index contributed by atoms with van der Waals surface area (Å²) in [5.41, 5.74) is 1.85. The molecule has 0 unspecified atom stereocenters. The summed E-state index contributed by atoms with van der Waals surface area (Å²) in [7, 11) is 0. The summed E-state index contributed by atoms with van der Waals surface area (Å²) in [6.45, 7) is 0. The number of oxime groups is 1. The Bertz CT molecular complexity index is 309. The molecule has 1 aliphatic rings. The summed E-state index contributed by atoms with van der Waals surface area (Å²) >= 11 is 1.71. The Labute approximate surface area is 68.9 Å². The first-order valence-corrected chi connectivity index (χ1v) is 4.33. The summed E-state index contributed by atoms with van der Waals surface area (Å²) in [5, 5.41) is 11.8. The first-order chi connectivity index (χ1) is 5.42. The third-order valence-electron chi connectivity index (χ3n) is 1.68. The summed E-state index contributed by atoms with van der Waals surface area (Å²) in [6, 6.07) is 7.96. The number of benzene rings is 1. The minimum absolute atomic E-state index is 0.783. The maximum absolute atomic E-state index is 8.59. The van der Waals surface area contributed by atoms with Crippen LogP contribution in [-0.2, 0) is 0 Å². The molecule has 56 valence electrons. The highest BCUT2D eigenvalue weighted by Gasteiger charge is 2.17. The SMILES string of the molecule is ON=C1CSc2ccccc21. The van der Waals surface area contributed by atoms with E-state index in [1.807, 2.05) is 24.3 Å². The van der Waals surface area contributed by atoms with Gasteiger partial charge in [-0.1, -0.05) is 23.4 Å². The monoisotopic (exact) mass is 165 g/mol. The van der Waals surface area contributed by atoms with E-state index in [2.05, 4.69) is 5.16 Å². The molecule has 2 rings (SSSR count). The van der Waals surface area contributed by atoms with Crippen molar-refractivity contribution in [2.45, 2.75) is 4.90 Å². The number of nitrogens with zero attached hydrogens (tertiary/aromatic N) is 1. The van der Waals surface area contributed by atoms with Crippen LogP contribution in [0.5, 0.6) is 0 Å². The Balaban J connectivity index is 2.55. The van der Waals surface area contributed by atoms with Gasteiger partial charge in [0.2, 0.25) is 0 Å². The summed E-state index contributed by atoms with van der Waals surface area (Å²) in [5.74, 6) is 0.788. The Morgan fingerprint density at radius 2 is 2.18 bits per heavy atom. The number of rotatable bonds is 0. The van der Waals surface area contributed by atoms with Crippen LogP contribution in [0.25, 0.3) is 0 Å². The lowest BCUT2D eigenvalue weighted by atomic mass is 10.1. The van der Waals surface area contributed by atoms with Crippen molar-refractivity contribution in [1.29, 1.82) is 0 Å². The average Bonchev–Trinajstić information content (AvgIpc) is 2.47. The Hall–Kier alpha value is -0.960. The van der Waals surface area contributed by atoms with Crippen LogP contribution < -0.4 is 0 Å². The zero-order valence-corrected chi connectivity index (χ0v) is 6.64. The number of fused-ring (bicyclic) bond motifs is 1. The largest absolute Gasteiger partial charge is 0.411 e. The van der Waals surface area contributed by atoms with Crippen LogP contribution in [0.1, 0.15) is 5.56 Å². The minimum Gasteiger partial charge on any atom is -0.411 e. The van der Waals surface area contributed by atoms with Crippen LogP contribution in [-0.4, -0.2) is 16.7 Å². The van der Waals surface area contributed by atoms with Crippen molar-refractivity contribution in [1.82, 2.24) is 0 Å². The fourth-order valence-electron chi connectivity index (χ4n) is 1.14. The van der Waals surface area contributed by atoms with Crippen molar-refractivity contribution in [3.8, 4) is 0 Å². The van der Waals surface area contributed by atoms with Crippen molar-refractivity contribution in [2.24, 2.45) is 5.16 Å². The molecular weight excluding hydrogens is 158 g/mol. The second-order valence-electron chi connectivity index (χ2n) is 2.33. The second-order valence-corrected chi connectivity index (χ2v) is 3.35. The van der Waals surface area contributed by atoms with Gasteiger partial charge < -0.3 is 5.21 Å². The maximum atomic E-state index is 8.59. The lowest BCUT2D eigenvalue weighted by Gasteiger charge is -1.93. The van der Waals surface area contributed by atoms with E-state index < -0.39 is 0 Å². The molecule has 0 aromatic heterocycles. The summed E-state index contributed by atoms with van der Waals surface area (Å²) < 4.78 is 0. The summed E-state index contributed by atoms with van der Waals surface area (Å²) in [6.07, 6.45) is 0. The highest BCUT2D eigenvalue weighted by molar-refractivity contribution is 8.00. The molecule has 1 aromatic rings. The maximum Gasteiger partial charge on any atom is 0.0981 e. The predicted molar refractivity (Wildman–Crippen MR) is 45.5 cm³/mol. The van der Waals surface area contributed by atoms with Crippen LogP contribution in [0, 0.1) is 0 Å². The zero-order chi connectivity index (χ0) is 7.68. The second kappa shape index (κ2) is 2.58. The van der Waals surface area contributed by atoms with Gasteiger partial charge in [-0.15, -0.1) is 11.8 Å². The van der Waals surface area contributed by atoms with Crippen LogP contribution in [0.15, 0.2) is 34.3 Å². The molecule has 3 heteroatoms. The molecular formula is C8H7NOS. The van der Waals surface area contributed by atoms with Crippen LogP contribution in [0.2, 0.25) is 0 Å². The predicted octanol–water partition coefficient (Wildman–Crippen LogP) is 1.97. The van der Waals surface area contributed by atoms with Gasteiger partial charge in [0.05, 0.1) is 5.71 Å². The van der Waals surface area contributed by atoms with E-state index in [0.29, 0.717) is 0 Å². The van der Waals surface area contributed by atoms with Crippen molar-refractivity contribution in [3.05, 3.63) is 29.8 Å². The van der Waals surface area contributed by atoms with Crippen LogP contribution >= 0.6 is 11.8 Å². The molecule has 0 atom stereocenters. The van der Waals surface area contributed by atoms with Gasteiger partial charge >= 0.3 is 0 Å². The van der Waals surface area contributed by atoms with E-state index in [9.17, 15) is 0 Å². The topological polar surface area (TPSA) is 32.6 Å². The molecule has 0 saturated carbocycles. The van der Waals surface area contributed by atoms with Gasteiger partial charge in [-0.05, 0) is 6.07 Å². The molecule has 0 saturated heterocycles. The normalized spacial score (nSPS) is 18.7. The molecule has 0 spiro atoms.